The molecular formula is C16H16N4O2S. The van der Waals surface area contributed by atoms with Gasteiger partial charge in [-0.15, -0.1) is 11.3 Å². The van der Waals surface area contributed by atoms with E-state index >= 15 is 0 Å². The first-order valence-electron chi connectivity index (χ1n) is 7.21. The normalized spacial score (nSPS) is 10.7. The zero-order chi connectivity index (χ0) is 16.2. The minimum Gasteiger partial charge on any atom is -0.361 e. The summed E-state index contributed by atoms with van der Waals surface area (Å²) in [6.45, 7) is 4.00. The average molecular weight is 328 g/mol. The van der Waals surface area contributed by atoms with E-state index in [9.17, 15) is 4.79 Å². The molecule has 0 unspecified atom stereocenters. The van der Waals surface area contributed by atoms with Crippen molar-refractivity contribution in [3.05, 3.63) is 52.6 Å². The molecule has 118 valence electrons. The number of aromatic nitrogens is 3. The monoisotopic (exact) mass is 328 g/mol. The summed E-state index contributed by atoms with van der Waals surface area (Å²) in [5, 5.41) is 9.61. The Bertz CT molecular complexity index is 791. The van der Waals surface area contributed by atoms with E-state index in [-0.39, 0.29) is 5.91 Å². The van der Waals surface area contributed by atoms with Crippen molar-refractivity contribution in [1.29, 1.82) is 0 Å². The topological polar surface area (TPSA) is 80.9 Å². The van der Waals surface area contributed by atoms with E-state index in [1.165, 1.54) is 0 Å². The second kappa shape index (κ2) is 6.70. The zero-order valence-electron chi connectivity index (χ0n) is 12.9. The predicted octanol–water partition coefficient (Wildman–Crippen LogP) is 2.78. The van der Waals surface area contributed by atoms with E-state index in [2.05, 4.69) is 20.4 Å². The summed E-state index contributed by atoms with van der Waals surface area (Å²) in [4.78, 5) is 20.8. The molecule has 3 rings (SSSR count). The Morgan fingerprint density at radius 3 is 2.96 bits per heavy atom. The molecule has 0 aromatic carbocycles. The van der Waals surface area contributed by atoms with Crippen LogP contribution in [0, 0.1) is 13.8 Å². The largest absolute Gasteiger partial charge is 0.361 e. The van der Waals surface area contributed by atoms with Crippen LogP contribution in [-0.4, -0.2) is 27.6 Å². The van der Waals surface area contributed by atoms with Crippen molar-refractivity contribution >= 4 is 17.2 Å². The molecule has 0 radical (unpaired) electrons. The lowest BCUT2D eigenvalue weighted by molar-refractivity contribution is 0.0952. The third-order valence-corrected chi connectivity index (χ3v) is 4.33. The number of nitrogens with zero attached hydrogens (tertiary/aromatic N) is 3. The first-order chi connectivity index (χ1) is 11.1. The average Bonchev–Trinajstić information content (AvgIpc) is 3.15. The third kappa shape index (κ3) is 3.45. The van der Waals surface area contributed by atoms with Crippen molar-refractivity contribution in [2.24, 2.45) is 0 Å². The zero-order valence-corrected chi connectivity index (χ0v) is 13.7. The van der Waals surface area contributed by atoms with Gasteiger partial charge >= 0.3 is 0 Å². The number of carbonyl (C=O) groups is 1. The van der Waals surface area contributed by atoms with Gasteiger partial charge in [0, 0.05) is 36.3 Å². The highest BCUT2D eigenvalue weighted by Crippen LogP contribution is 2.22. The lowest BCUT2D eigenvalue weighted by Crippen LogP contribution is -2.26. The molecule has 6 nitrogen and oxygen atoms in total. The molecule has 0 saturated carbocycles. The second-order valence-electron chi connectivity index (χ2n) is 5.09. The molecule has 0 aliphatic carbocycles. The van der Waals surface area contributed by atoms with Crippen molar-refractivity contribution in [2.45, 2.75) is 20.3 Å². The highest BCUT2D eigenvalue weighted by molar-refractivity contribution is 7.13. The molecule has 1 N–H and O–H groups in total. The standard InChI is InChI=1S/C16H16N4O2S/c1-10-14(11(2)22-20-10)15(21)18-7-5-13-9-23-16(19-13)12-4-3-6-17-8-12/h3-4,6,8-9H,5,7H2,1-2H3,(H,18,21). The van der Waals surface area contributed by atoms with Crippen LogP contribution in [0.3, 0.4) is 0 Å². The van der Waals surface area contributed by atoms with Crippen LogP contribution in [0.25, 0.3) is 10.6 Å². The summed E-state index contributed by atoms with van der Waals surface area (Å²) in [6, 6.07) is 3.87. The van der Waals surface area contributed by atoms with E-state index in [4.69, 9.17) is 4.52 Å². The van der Waals surface area contributed by atoms with Gasteiger partial charge in [-0.05, 0) is 26.0 Å². The summed E-state index contributed by atoms with van der Waals surface area (Å²) in [7, 11) is 0. The minimum absolute atomic E-state index is 0.163. The molecule has 7 heteroatoms. The maximum atomic E-state index is 12.1. The fourth-order valence-electron chi connectivity index (χ4n) is 2.24. The fourth-order valence-corrected chi connectivity index (χ4v) is 3.09. The number of thiazole rings is 1. The van der Waals surface area contributed by atoms with Crippen LogP contribution in [-0.2, 0) is 6.42 Å². The van der Waals surface area contributed by atoms with Gasteiger partial charge in [-0.3, -0.25) is 9.78 Å². The molecule has 0 atom stereocenters. The molecule has 3 aromatic heterocycles. The Kier molecular flexibility index (Phi) is 4.47. The quantitative estimate of drug-likeness (QED) is 0.779. The highest BCUT2D eigenvalue weighted by Gasteiger charge is 2.16. The molecule has 3 aromatic rings. The van der Waals surface area contributed by atoms with Gasteiger partial charge in [0.25, 0.3) is 5.91 Å². The number of rotatable bonds is 5. The van der Waals surface area contributed by atoms with E-state index < -0.39 is 0 Å². The third-order valence-electron chi connectivity index (χ3n) is 3.39. The van der Waals surface area contributed by atoms with E-state index in [1.807, 2.05) is 17.5 Å². The maximum absolute atomic E-state index is 12.1. The van der Waals surface area contributed by atoms with Crippen LogP contribution in [0.5, 0.6) is 0 Å². The first kappa shape index (κ1) is 15.4. The van der Waals surface area contributed by atoms with Gasteiger partial charge in [-0.25, -0.2) is 4.98 Å². The first-order valence-corrected chi connectivity index (χ1v) is 8.09. The molecular weight excluding hydrogens is 312 g/mol. The number of nitrogens with one attached hydrogen (secondary N) is 1. The number of hydrogen-bond donors (Lipinski definition) is 1. The van der Waals surface area contributed by atoms with Crippen molar-refractivity contribution < 1.29 is 9.32 Å². The van der Waals surface area contributed by atoms with Crippen molar-refractivity contribution in [3.8, 4) is 10.6 Å². The van der Waals surface area contributed by atoms with Crippen LogP contribution in [0.1, 0.15) is 27.5 Å². The molecule has 0 aliphatic heterocycles. The summed E-state index contributed by atoms with van der Waals surface area (Å²) in [6.07, 6.45) is 4.20. The molecule has 0 spiro atoms. The van der Waals surface area contributed by atoms with E-state index in [0.29, 0.717) is 30.0 Å². The van der Waals surface area contributed by atoms with Crippen LogP contribution >= 0.6 is 11.3 Å². The van der Waals surface area contributed by atoms with Gasteiger partial charge in [0.2, 0.25) is 0 Å². The molecule has 0 saturated heterocycles. The molecule has 3 heterocycles. The van der Waals surface area contributed by atoms with Gasteiger partial charge in [-0.1, -0.05) is 5.16 Å². The fraction of sp³-hybridized carbons (Fsp3) is 0.250. The Labute approximate surface area is 137 Å². The van der Waals surface area contributed by atoms with E-state index in [0.717, 1.165) is 16.3 Å². The van der Waals surface area contributed by atoms with Crippen LogP contribution in [0.15, 0.2) is 34.4 Å². The van der Waals surface area contributed by atoms with E-state index in [1.54, 1.807) is 37.6 Å². The Hall–Kier alpha value is -2.54. The maximum Gasteiger partial charge on any atom is 0.256 e. The number of amides is 1. The van der Waals surface area contributed by atoms with Gasteiger partial charge in [-0.2, -0.15) is 0 Å². The highest BCUT2D eigenvalue weighted by atomic mass is 32.1. The van der Waals surface area contributed by atoms with Gasteiger partial charge in [0.15, 0.2) is 0 Å². The van der Waals surface area contributed by atoms with Crippen molar-refractivity contribution in [1.82, 2.24) is 20.4 Å². The molecule has 1 amide bonds. The minimum atomic E-state index is -0.163. The van der Waals surface area contributed by atoms with Gasteiger partial charge in [0.05, 0.1) is 11.4 Å². The summed E-state index contributed by atoms with van der Waals surface area (Å²) < 4.78 is 5.01. The second-order valence-corrected chi connectivity index (χ2v) is 5.95. The number of pyridine rings is 1. The summed E-state index contributed by atoms with van der Waals surface area (Å²) >= 11 is 1.58. The smallest absolute Gasteiger partial charge is 0.256 e. The molecule has 0 fully saturated rings. The van der Waals surface area contributed by atoms with Crippen LogP contribution in [0.4, 0.5) is 0 Å². The molecule has 0 bridgehead atoms. The number of aryl methyl sites for hydroxylation is 2. The predicted molar refractivity (Wildman–Crippen MR) is 87.4 cm³/mol. The lowest BCUT2D eigenvalue weighted by atomic mass is 10.2. The van der Waals surface area contributed by atoms with Gasteiger partial charge < -0.3 is 9.84 Å². The van der Waals surface area contributed by atoms with Gasteiger partial charge in [0.1, 0.15) is 16.3 Å². The molecule has 23 heavy (non-hydrogen) atoms. The number of carbonyl (C=O) groups excluding carboxylic acids is 1. The Morgan fingerprint density at radius 2 is 2.26 bits per heavy atom. The van der Waals surface area contributed by atoms with Crippen LogP contribution < -0.4 is 5.32 Å². The van der Waals surface area contributed by atoms with Crippen molar-refractivity contribution in [2.75, 3.05) is 6.54 Å². The van der Waals surface area contributed by atoms with Crippen molar-refractivity contribution in [3.63, 3.8) is 0 Å². The number of hydrogen-bond acceptors (Lipinski definition) is 6. The summed E-state index contributed by atoms with van der Waals surface area (Å²) in [5.74, 6) is 0.372. The lowest BCUT2D eigenvalue weighted by Gasteiger charge is -2.03. The SMILES string of the molecule is Cc1noc(C)c1C(=O)NCCc1csc(-c2cccnc2)n1. The molecule has 0 aliphatic rings. The summed E-state index contributed by atoms with van der Waals surface area (Å²) in [5.41, 5.74) is 3.07. The Balaban J connectivity index is 1.57. The van der Waals surface area contributed by atoms with Crippen LogP contribution in [0.2, 0.25) is 0 Å². The Morgan fingerprint density at radius 1 is 1.39 bits per heavy atom.